The first-order valence-corrected chi connectivity index (χ1v) is 4.22. The molecule has 0 spiro atoms. The van der Waals surface area contributed by atoms with Crippen LogP contribution < -0.4 is 5.32 Å². The molecule has 0 aromatic rings. The maximum atomic E-state index is 11.1. The number of ether oxygens (including phenoxy) is 1. The molecule has 1 amide bonds. The quantitative estimate of drug-likeness (QED) is 0.770. The zero-order valence-corrected chi connectivity index (χ0v) is 10.3. The summed E-state index contributed by atoms with van der Waals surface area (Å²) in [6, 6.07) is -0.491. The van der Waals surface area contributed by atoms with Gasteiger partial charge in [0.15, 0.2) is 5.78 Å². The SMILES string of the molecule is CC(=O)[C@H](C)NC(=O)OC(C)(C)C.S. The van der Waals surface area contributed by atoms with Crippen LogP contribution in [-0.2, 0) is 9.53 Å². The number of Topliss-reactive ketones (excluding diaryl/α,β-unsaturated/α-hetero) is 1. The van der Waals surface area contributed by atoms with E-state index in [1.54, 1.807) is 27.7 Å². The Hall–Kier alpha value is -0.710. The van der Waals surface area contributed by atoms with Gasteiger partial charge in [-0.15, -0.1) is 0 Å². The molecule has 5 heteroatoms. The number of rotatable bonds is 2. The monoisotopic (exact) mass is 221 g/mol. The second-order valence-electron chi connectivity index (χ2n) is 3.98. The van der Waals surface area contributed by atoms with Gasteiger partial charge in [-0.05, 0) is 34.6 Å². The molecule has 0 saturated carbocycles. The highest BCUT2D eigenvalue weighted by molar-refractivity contribution is 7.59. The van der Waals surface area contributed by atoms with Crippen LogP contribution in [0.15, 0.2) is 0 Å². The third-order valence-electron chi connectivity index (χ3n) is 1.34. The first-order valence-electron chi connectivity index (χ1n) is 4.22. The Bertz CT molecular complexity index is 211. The summed E-state index contributed by atoms with van der Waals surface area (Å²) in [6.45, 7) is 8.34. The molecule has 0 aromatic carbocycles. The van der Waals surface area contributed by atoms with Crippen LogP contribution in [0.2, 0.25) is 0 Å². The van der Waals surface area contributed by atoms with Crippen LogP contribution in [0.1, 0.15) is 34.6 Å². The fourth-order valence-electron chi connectivity index (χ4n) is 0.586. The minimum absolute atomic E-state index is 0. The molecule has 0 saturated heterocycles. The fourth-order valence-corrected chi connectivity index (χ4v) is 0.586. The maximum absolute atomic E-state index is 11.1. The van der Waals surface area contributed by atoms with Gasteiger partial charge < -0.3 is 10.1 Å². The Balaban J connectivity index is 0. The molecule has 0 radical (unpaired) electrons. The summed E-state index contributed by atoms with van der Waals surface area (Å²) < 4.78 is 4.96. The molecule has 1 N–H and O–H groups in total. The number of nitrogens with one attached hydrogen (secondary N) is 1. The van der Waals surface area contributed by atoms with Gasteiger partial charge in [-0.2, -0.15) is 13.5 Å². The van der Waals surface area contributed by atoms with Gasteiger partial charge in [0.05, 0.1) is 6.04 Å². The van der Waals surface area contributed by atoms with Gasteiger partial charge in [-0.25, -0.2) is 4.79 Å². The van der Waals surface area contributed by atoms with Crippen LogP contribution in [0.25, 0.3) is 0 Å². The molecule has 0 aliphatic rings. The van der Waals surface area contributed by atoms with E-state index in [1.807, 2.05) is 0 Å². The summed E-state index contributed by atoms with van der Waals surface area (Å²) in [5, 5.41) is 2.43. The molecule has 0 aliphatic carbocycles. The molecule has 4 nitrogen and oxygen atoms in total. The van der Waals surface area contributed by atoms with Gasteiger partial charge in [0.25, 0.3) is 0 Å². The minimum atomic E-state index is -0.560. The zero-order chi connectivity index (χ0) is 10.6. The molecule has 0 fully saturated rings. The van der Waals surface area contributed by atoms with E-state index in [0.717, 1.165) is 0 Å². The lowest BCUT2D eigenvalue weighted by molar-refractivity contribution is -0.118. The molecule has 1 atom stereocenters. The molecule has 0 aromatic heterocycles. The molecule has 84 valence electrons. The summed E-state index contributed by atoms with van der Waals surface area (Å²) >= 11 is 0. The zero-order valence-electron chi connectivity index (χ0n) is 9.30. The van der Waals surface area contributed by atoms with Crippen LogP contribution >= 0.6 is 13.5 Å². The molecule has 14 heavy (non-hydrogen) atoms. The van der Waals surface area contributed by atoms with Crippen LogP contribution in [0.5, 0.6) is 0 Å². The van der Waals surface area contributed by atoms with E-state index in [2.05, 4.69) is 5.32 Å². The van der Waals surface area contributed by atoms with E-state index in [1.165, 1.54) is 6.92 Å². The largest absolute Gasteiger partial charge is 0.444 e. The van der Waals surface area contributed by atoms with Gasteiger partial charge >= 0.3 is 6.09 Å². The predicted molar refractivity (Wildman–Crippen MR) is 59.9 cm³/mol. The molecular formula is C9H19NO3S. The van der Waals surface area contributed by atoms with Gasteiger partial charge in [0.2, 0.25) is 0 Å². The number of hydrogen-bond donors (Lipinski definition) is 1. The van der Waals surface area contributed by atoms with Crippen molar-refractivity contribution in [2.75, 3.05) is 0 Å². The fraction of sp³-hybridized carbons (Fsp3) is 0.778. The van der Waals surface area contributed by atoms with E-state index in [9.17, 15) is 9.59 Å². The third kappa shape index (κ3) is 7.91. The van der Waals surface area contributed by atoms with Crippen molar-refractivity contribution in [2.45, 2.75) is 46.3 Å². The Kier molecular flexibility index (Phi) is 6.64. The van der Waals surface area contributed by atoms with E-state index in [4.69, 9.17) is 4.74 Å². The van der Waals surface area contributed by atoms with Crippen LogP contribution in [0.4, 0.5) is 4.79 Å². The lowest BCUT2D eigenvalue weighted by Crippen LogP contribution is -2.40. The molecule has 0 unspecified atom stereocenters. The van der Waals surface area contributed by atoms with Crippen molar-refractivity contribution in [2.24, 2.45) is 0 Å². The van der Waals surface area contributed by atoms with Gasteiger partial charge in [0, 0.05) is 0 Å². The second-order valence-corrected chi connectivity index (χ2v) is 3.98. The maximum Gasteiger partial charge on any atom is 0.408 e. The highest BCUT2D eigenvalue weighted by atomic mass is 32.1. The number of hydrogen-bond acceptors (Lipinski definition) is 3. The average Bonchev–Trinajstić information content (AvgIpc) is 1.81. The lowest BCUT2D eigenvalue weighted by Gasteiger charge is -2.21. The number of amides is 1. The summed E-state index contributed by atoms with van der Waals surface area (Å²) in [7, 11) is 0. The molecule has 0 rings (SSSR count). The van der Waals surface area contributed by atoms with Crippen molar-refractivity contribution in [3.63, 3.8) is 0 Å². The van der Waals surface area contributed by atoms with Gasteiger partial charge in [-0.1, -0.05) is 0 Å². The normalized spacial score (nSPS) is 12.4. The first-order chi connectivity index (χ1) is 5.72. The predicted octanol–water partition coefficient (Wildman–Crippen LogP) is 1.60. The van der Waals surface area contributed by atoms with Crippen molar-refractivity contribution in [1.29, 1.82) is 0 Å². The summed E-state index contributed by atoms with van der Waals surface area (Å²) in [6.07, 6.45) is -0.560. The molecule has 0 heterocycles. The number of ketones is 1. The van der Waals surface area contributed by atoms with Crippen molar-refractivity contribution >= 4 is 25.4 Å². The van der Waals surface area contributed by atoms with Gasteiger partial charge in [0.1, 0.15) is 5.60 Å². The van der Waals surface area contributed by atoms with Gasteiger partial charge in [-0.3, -0.25) is 4.79 Å². The van der Waals surface area contributed by atoms with Crippen LogP contribution in [0.3, 0.4) is 0 Å². The Morgan fingerprint density at radius 3 is 2.00 bits per heavy atom. The molecule has 0 aliphatic heterocycles. The number of carbonyl (C=O) groups excluding carboxylic acids is 2. The van der Waals surface area contributed by atoms with E-state index >= 15 is 0 Å². The summed E-state index contributed by atoms with van der Waals surface area (Å²) in [5.74, 6) is -0.0918. The topological polar surface area (TPSA) is 55.4 Å². The third-order valence-corrected chi connectivity index (χ3v) is 1.34. The van der Waals surface area contributed by atoms with Crippen molar-refractivity contribution in [1.82, 2.24) is 5.32 Å². The average molecular weight is 221 g/mol. The summed E-state index contributed by atoms with van der Waals surface area (Å²) in [4.78, 5) is 21.9. The molecule has 0 bridgehead atoms. The standard InChI is InChI=1S/C9H17NO3.H2S/c1-6(7(2)11)10-8(12)13-9(3,4)5;/h6H,1-5H3,(H,10,12);1H2/t6-;/m0./s1. The summed E-state index contributed by atoms with van der Waals surface area (Å²) in [5.41, 5.74) is -0.527. The van der Waals surface area contributed by atoms with Crippen molar-refractivity contribution in [3.05, 3.63) is 0 Å². The lowest BCUT2D eigenvalue weighted by atomic mass is 10.2. The van der Waals surface area contributed by atoms with E-state index in [0.29, 0.717) is 0 Å². The Morgan fingerprint density at radius 1 is 1.29 bits per heavy atom. The van der Waals surface area contributed by atoms with Crippen LogP contribution in [0, 0.1) is 0 Å². The Labute approximate surface area is 91.8 Å². The Morgan fingerprint density at radius 2 is 1.71 bits per heavy atom. The van der Waals surface area contributed by atoms with Crippen molar-refractivity contribution < 1.29 is 14.3 Å². The smallest absolute Gasteiger partial charge is 0.408 e. The van der Waals surface area contributed by atoms with E-state index < -0.39 is 17.7 Å². The highest BCUT2D eigenvalue weighted by Gasteiger charge is 2.18. The number of alkyl carbamates (subject to hydrolysis) is 1. The first kappa shape index (κ1) is 15.7. The highest BCUT2D eigenvalue weighted by Crippen LogP contribution is 2.06. The van der Waals surface area contributed by atoms with E-state index in [-0.39, 0.29) is 19.3 Å². The van der Waals surface area contributed by atoms with Crippen LogP contribution in [-0.4, -0.2) is 23.5 Å². The van der Waals surface area contributed by atoms with Crippen molar-refractivity contribution in [3.8, 4) is 0 Å². The molecular weight excluding hydrogens is 202 g/mol. The second kappa shape index (κ2) is 5.90. The number of carbonyl (C=O) groups is 2. The minimum Gasteiger partial charge on any atom is -0.444 e.